The zero-order valence-electron chi connectivity index (χ0n) is 10.6. The maximum atomic E-state index is 10.8. The summed E-state index contributed by atoms with van der Waals surface area (Å²) in [6.45, 7) is 0.699. The van der Waals surface area contributed by atoms with Crippen molar-refractivity contribution in [1.29, 1.82) is 0 Å². The molecule has 0 bridgehead atoms. The lowest BCUT2D eigenvalue weighted by atomic mass is 10.3. The summed E-state index contributed by atoms with van der Waals surface area (Å²) in [5.74, 6) is 0. The Morgan fingerprint density at radius 1 is 1.45 bits per heavy atom. The van der Waals surface area contributed by atoms with Crippen LogP contribution in [0, 0.1) is 10.1 Å². The number of nitrogens with one attached hydrogen (secondary N) is 1. The number of aromatic nitrogens is 2. The molecule has 0 saturated heterocycles. The SMILES string of the molecule is O=[N+]([O-])c1ccc(Cl)c(-n2ccc(CNC3CC3)n2)c1. The van der Waals surface area contributed by atoms with Crippen LogP contribution in [0.2, 0.25) is 5.02 Å². The van der Waals surface area contributed by atoms with Gasteiger partial charge in [0.15, 0.2) is 0 Å². The van der Waals surface area contributed by atoms with Gasteiger partial charge in [-0.2, -0.15) is 5.10 Å². The number of rotatable bonds is 5. The van der Waals surface area contributed by atoms with Gasteiger partial charge in [-0.1, -0.05) is 11.6 Å². The van der Waals surface area contributed by atoms with E-state index in [4.69, 9.17) is 11.6 Å². The van der Waals surface area contributed by atoms with Crippen LogP contribution >= 0.6 is 11.6 Å². The van der Waals surface area contributed by atoms with Crippen LogP contribution in [0.3, 0.4) is 0 Å². The maximum absolute atomic E-state index is 10.8. The average Bonchev–Trinajstić information content (AvgIpc) is 3.14. The summed E-state index contributed by atoms with van der Waals surface area (Å²) in [5, 5.41) is 19.0. The number of halogens is 1. The van der Waals surface area contributed by atoms with Gasteiger partial charge in [0.2, 0.25) is 0 Å². The first kappa shape index (κ1) is 13.1. The van der Waals surface area contributed by atoms with Gasteiger partial charge in [-0.05, 0) is 25.0 Å². The van der Waals surface area contributed by atoms with Gasteiger partial charge in [-0.15, -0.1) is 0 Å². The molecule has 1 fully saturated rings. The van der Waals surface area contributed by atoms with Crippen LogP contribution in [0.15, 0.2) is 30.5 Å². The van der Waals surface area contributed by atoms with E-state index in [0.717, 1.165) is 5.69 Å². The number of nitro groups is 1. The standard InChI is InChI=1S/C13H13ClN4O2/c14-12-4-3-11(18(19)20)7-13(12)17-6-5-10(16-17)8-15-9-1-2-9/h3-7,9,15H,1-2,8H2. The Balaban J connectivity index is 1.83. The van der Waals surface area contributed by atoms with Crippen molar-refractivity contribution in [3.63, 3.8) is 0 Å². The van der Waals surface area contributed by atoms with Gasteiger partial charge < -0.3 is 5.32 Å². The summed E-state index contributed by atoms with van der Waals surface area (Å²) in [6, 6.07) is 6.81. The normalized spacial score (nSPS) is 14.4. The van der Waals surface area contributed by atoms with Crippen LogP contribution in [0.5, 0.6) is 0 Å². The smallest absolute Gasteiger partial charge is 0.271 e. The molecule has 3 rings (SSSR count). The van der Waals surface area contributed by atoms with Crippen molar-refractivity contribution in [2.75, 3.05) is 0 Å². The third kappa shape index (κ3) is 2.81. The van der Waals surface area contributed by atoms with Crippen molar-refractivity contribution in [2.45, 2.75) is 25.4 Å². The van der Waals surface area contributed by atoms with Crippen molar-refractivity contribution in [3.8, 4) is 5.69 Å². The summed E-state index contributed by atoms with van der Waals surface area (Å²) >= 11 is 6.08. The van der Waals surface area contributed by atoms with Crippen LogP contribution in [-0.2, 0) is 6.54 Å². The molecule has 6 nitrogen and oxygen atoms in total. The summed E-state index contributed by atoms with van der Waals surface area (Å²) < 4.78 is 1.57. The second kappa shape index (κ2) is 5.22. The third-order valence-electron chi connectivity index (χ3n) is 3.18. The van der Waals surface area contributed by atoms with Gasteiger partial charge in [0.05, 0.1) is 21.3 Å². The molecular weight excluding hydrogens is 280 g/mol. The van der Waals surface area contributed by atoms with Gasteiger partial charge in [0.1, 0.15) is 0 Å². The quantitative estimate of drug-likeness (QED) is 0.679. The molecule has 20 heavy (non-hydrogen) atoms. The highest BCUT2D eigenvalue weighted by molar-refractivity contribution is 6.32. The molecule has 1 aromatic carbocycles. The Bertz CT molecular complexity index is 652. The number of hydrogen-bond donors (Lipinski definition) is 1. The van der Waals surface area contributed by atoms with Crippen molar-refractivity contribution < 1.29 is 4.92 Å². The van der Waals surface area contributed by atoms with Crippen LogP contribution in [0.25, 0.3) is 5.69 Å². The maximum Gasteiger partial charge on any atom is 0.271 e. The molecule has 1 N–H and O–H groups in total. The van der Waals surface area contributed by atoms with Crippen LogP contribution in [0.4, 0.5) is 5.69 Å². The number of hydrogen-bond acceptors (Lipinski definition) is 4. The van der Waals surface area contributed by atoms with Crippen molar-refractivity contribution >= 4 is 17.3 Å². The fourth-order valence-corrected chi connectivity index (χ4v) is 2.12. The monoisotopic (exact) mass is 292 g/mol. The molecule has 2 aromatic rings. The van der Waals surface area contributed by atoms with E-state index in [1.807, 2.05) is 6.07 Å². The largest absolute Gasteiger partial charge is 0.308 e. The highest BCUT2D eigenvalue weighted by Crippen LogP contribution is 2.25. The number of nitrogens with zero attached hydrogens (tertiary/aromatic N) is 3. The molecule has 104 valence electrons. The molecule has 0 spiro atoms. The van der Waals surface area contributed by atoms with E-state index < -0.39 is 4.92 Å². The van der Waals surface area contributed by atoms with Crippen LogP contribution in [-0.4, -0.2) is 20.7 Å². The van der Waals surface area contributed by atoms with E-state index in [-0.39, 0.29) is 5.69 Å². The van der Waals surface area contributed by atoms with Gasteiger partial charge in [-0.3, -0.25) is 10.1 Å². The fourth-order valence-electron chi connectivity index (χ4n) is 1.92. The Morgan fingerprint density at radius 2 is 2.25 bits per heavy atom. The molecule has 1 saturated carbocycles. The lowest BCUT2D eigenvalue weighted by molar-refractivity contribution is -0.384. The molecule has 0 aliphatic heterocycles. The molecule has 0 amide bonds. The summed E-state index contributed by atoms with van der Waals surface area (Å²) in [5.41, 5.74) is 1.40. The first-order chi connectivity index (χ1) is 9.63. The number of nitro benzene ring substituents is 1. The van der Waals surface area contributed by atoms with Crippen molar-refractivity contribution in [2.24, 2.45) is 0 Å². The van der Waals surface area contributed by atoms with Gasteiger partial charge in [0.25, 0.3) is 5.69 Å². The van der Waals surface area contributed by atoms with E-state index in [9.17, 15) is 10.1 Å². The highest BCUT2D eigenvalue weighted by atomic mass is 35.5. The second-order valence-electron chi connectivity index (χ2n) is 4.80. The van der Waals surface area contributed by atoms with E-state index >= 15 is 0 Å². The van der Waals surface area contributed by atoms with E-state index in [1.54, 1.807) is 10.9 Å². The molecular formula is C13H13ClN4O2. The van der Waals surface area contributed by atoms with Gasteiger partial charge in [0, 0.05) is 30.9 Å². The molecule has 1 aliphatic carbocycles. The first-order valence-corrected chi connectivity index (χ1v) is 6.73. The van der Waals surface area contributed by atoms with E-state index in [2.05, 4.69) is 10.4 Å². The topological polar surface area (TPSA) is 73.0 Å². The lowest BCUT2D eigenvalue weighted by Crippen LogP contribution is -2.15. The minimum Gasteiger partial charge on any atom is -0.308 e. The zero-order chi connectivity index (χ0) is 14.1. The Hall–Kier alpha value is -1.92. The minimum absolute atomic E-state index is 0.00226. The van der Waals surface area contributed by atoms with Crippen LogP contribution < -0.4 is 5.32 Å². The van der Waals surface area contributed by atoms with Gasteiger partial charge >= 0.3 is 0 Å². The highest BCUT2D eigenvalue weighted by Gasteiger charge is 2.20. The average molecular weight is 293 g/mol. The number of non-ortho nitro benzene ring substituents is 1. The Labute approximate surface area is 120 Å². The van der Waals surface area contributed by atoms with Crippen LogP contribution in [0.1, 0.15) is 18.5 Å². The molecule has 1 aromatic heterocycles. The van der Waals surface area contributed by atoms with Crippen molar-refractivity contribution in [3.05, 3.63) is 51.3 Å². The molecule has 1 heterocycles. The fraction of sp³-hybridized carbons (Fsp3) is 0.308. The Kier molecular flexibility index (Phi) is 3.42. The van der Waals surface area contributed by atoms with Gasteiger partial charge in [-0.25, -0.2) is 4.68 Å². The molecule has 0 radical (unpaired) electrons. The van der Waals surface area contributed by atoms with E-state index in [0.29, 0.717) is 23.3 Å². The second-order valence-corrected chi connectivity index (χ2v) is 5.21. The Morgan fingerprint density at radius 3 is 2.95 bits per heavy atom. The molecule has 0 unspecified atom stereocenters. The predicted octanol–water partition coefficient (Wildman–Crippen LogP) is 2.69. The summed E-state index contributed by atoms with van der Waals surface area (Å²) in [6.07, 6.45) is 4.20. The molecule has 1 aliphatic rings. The first-order valence-electron chi connectivity index (χ1n) is 6.36. The molecule has 0 atom stereocenters. The molecule has 7 heteroatoms. The lowest BCUT2D eigenvalue weighted by Gasteiger charge is -2.04. The summed E-state index contributed by atoms with van der Waals surface area (Å²) in [7, 11) is 0. The minimum atomic E-state index is -0.446. The number of benzene rings is 1. The predicted molar refractivity (Wildman–Crippen MR) is 75.1 cm³/mol. The van der Waals surface area contributed by atoms with E-state index in [1.165, 1.54) is 31.0 Å². The summed E-state index contributed by atoms with van der Waals surface area (Å²) in [4.78, 5) is 10.4. The third-order valence-corrected chi connectivity index (χ3v) is 3.50. The zero-order valence-corrected chi connectivity index (χ0v) is 11.4. The van der Waals surface area contributed by atoms with Crippen molar-refractivity contribution in [1.82, 2.24) is 15.1 Å².